The summed E-state index contributed by atoms with van der Waals surface area (Å²) in [5.74, 6) is -0.139. The van der Waals surface area contributed by atoms with Gasteiger partial charge in [-0.1, -0.05) is 30.7 Å². The Bertz CT molecular complexity index is 375. The minimum Gasteiger partial charge on any atom is -0.268 e. The minimum atomic E-state index is -0.139. The Morgan fingerprint density at radius 3 is 2.67 bits per heavy atom. The average molecular weight is 199 g/mol. The lowest BCUT2D eigenvalue weighted by atomic mass is 10.2. The standard InChI is InChI=1S/C13H13NO/c1-3-5-11-14(4-2)13(15)12-9-7-6-8-10-12/h2-3,6-10H,1,5,11H2. The third-order valence-electron chi connectivity index (χ3n) is 1.98. The molecule has 1 aromatic carbocycles. The third-order valence-corrected chi connectivity index (χ3v) is 1.98. The van der Waals surface area contributed by atoms with Gasteiger partial charge in [0.25, 0.3) is 5.91 Å². The fourth-order valence-corrected chi connectivity index (χ4v) is 1.18. The second-order valence-corrected chi connectivity index (χ2v) is 3.03. The van der Waals surface area contributed by atoms with Crippen LogP contribution in [0, 0.1) is 12.5 Å². The monoisotopic (exact) mass is 199 g/mol. The van der Waals surface area contributed by atoms with Crippen LogP contribution in [0.3, 0.4) is 0 Å². The fraction of sp³-hybridized carbons (Fsp3) is 0.154. The Hall–Kier alpha value is -2.01. The summed E-state index contributed by atoms with van der Waals surface area (Å²) in [6.45, 7) is 4.10. The molecule has 1 rings (SSSR count). The first kappa shape index (κ1) is 11.1. The van der Waals surface area contributed by atoms with Crippen LogP contribution in [0.1, 0.15) is 16.8 Å². The summed E-state index contributed by atoms with van der Waals surface area (Å²) in [5.41, 5.74) is 0.611. The number of hydrogen-bond donors (Lipinski definition) is 0. The molecule has 0 aliphatic heterocycles. The van der Waals surface area contributed by atoms with Crippen molar-refractivity contribution in [1.82, 2.24) is 4.90 Å². The molecule has 0 unspecified atom stereocenters. The smallest absolute Gasteiger partial charge is 0.265 e. The predicted molar refractivity (Wildman–Crippen MR) is 61.1 cm³/mol. The average Bonchev–Trinajstić information content (AvgIpc) is 2.31. The zero-order chi connectivity index (χ0) is 11.1. The molecule has 0 atom stereocenters. The van der Waals surface area contributed by atoms with Crippen molar-refractivity contribution in [3.05, 3.63) is 48.6 Å². The second-order valence-electron chi connectivity index (χ2n) is 3.03. The van der Waals surface area contributed by atoms with E-state index in [0.717, 1.165) is 0 Å². The summed E-state index contributed by atoms with van der Waals surface area (Å²) < 4.78 is 0. The van der Waals surface area contributed by atoms with E-state index in [2.05, 4.69) is 12.6 Å². The van der Waals surface area contributed by atoms with Gasteiger partial charge >= 0.3 is 0 Å². The number of benzene rings is 1. The zero-order valence-electron chi connectivity index (χ0n) is 8.52. The van der Waals surface area contributed by atoms with Crippen LogP contribution in [0.5, 0.6) is 0 Å². The molecule has 0 fully saturated rings. The number of rotatable bonds is 4. The normalized spacial score (nSPS) is 9.00. The van der Waals surface area contributed by atoms with Gasteiger partial charge in [0, 0.05) is 18.2 Å². The summed E-state index contributed by atoms with van der Waals surface area (Å²) in [4.78, 5) is 13.2. The van der Waals surface area contributed by atoms with Gasteiger partial charge in [-0.15, -0.1) is 6.58 Å². The highest BCUT2D eigenvalue weighted by atomic mass is 16.2. The first-order valence-corrected chi connectivity index (χ1v) is 4.73. The predicted octanol–water partition coefficient (Wildman–Crippen LogP) is 2.30. The van der Waals surface area contributed by atoms with E-state index >= 15 is 0 Å². The highest BCUT2D eigenvalue weighted by molar-refractivity contribution is 5.95. The Morgan fingerprint density at radius 2 is 2.13 bits per heavy atom. The van der Waals surface area contributed by atoms with Crippen LogP contribution in [-0.2, 0) is 0 Å². The Kier molecular flexibility index (Phi) is 4.18. The molecule has 0 radical (unpaired) electrons. The third kappa shape index (κ3) is 2.99. The summed E-state index contributed by atoms with van der Waals surface area (Å²) in [5, 5.41) is 0. The second kappa shape index (κ2) is 5.66. The summed E-state index contributed by atoms with van der Waals surface area (Å²) in [6.07, 6.45) is 7.71. The number of amides is 1. The molecular formula is C13H13NO. The van der Waals surface area contributed by atoms with Gasteiger partial charge in [-0.2, -0.15) is 0 Å². The number of hydrogen-bond acceptors (Lipinski definition) is 1. The van der Waals surface area contributed by atoms with Gasteiger partial charge in [0.2, 0.25) is 0 Å². The molecule has 0 bridgehead atoms. The molecule has 0 aliphatic carbocycles. The van der Waals surface area contributed by atoms with Crippen LogP contribution in [0.15, 0.2) is 43.0 Å². The van der Waals surface area contributed by atoms with Crippen molar-refractivity contribution in [3.8, 4) is 12.5 Å². The lowest BCUT2D eigenvalue weighted by Crippen LogP contribution is -2.26. The van der Waals surface area contributed by atoms with Crippen LogP contribution >= 0.6 is 0 Å². The van der Waals surface area contributed by atoms with Crippen molar-refractivity contribution in [2.24, 2.45) is 0 Å². The van der Waals surface area contributed by atoms with Gasteiger partial charge < -0.3 is 0 Å². The molecule has 2 heteroatoms. The lowest BCUT2D eigenvalue weighted by molar-refractivity contribution is 0.0837. The molecule has 15 heavy (non-hydrogen) atoms. The van der Waals surface area contributed by atoms with E-state index in [1.807, 2.05) is 18.2 Å². The number of carbonyl (C=O) groups excluding carboxylic acids is 1. The van der Waals surface area contributed by atoms with Gasteiger partial charge in [-0.05, 0) is 18.6 Å². The fourth-order valence-electron chi connectivity index (χ4n) is 1.18. The quantitative estimate of drug-likeness (QED) is 0.414. The molecule has 1 aromatic rings. The molecule has 0 aliphatic rings. The van der Waals surface area contributed by atoms with Crippen LogP contribution < -0.4 is 0 Å². The van der Waals surface area contributed by atoms with E-state index in [1.165, 1.54) is 4.90 Å². The zero-order valence-corrected chi connectivity index (χ0v) is 8.52. The molecule has 0 spiro atoms. The first-order valence-electron chi connectivity index (χ1n) is 4.73. The molecule has 0 aromatic heterocycles. The highest BCUT2D eigenvalue weighted by Gasteiger charge is 2.11. The largest absolute Gasteiger partial charge is 0.268 e. The Morgan fingerprint density at radius 1 is 1.47 bits per heavy atom. The van der Waals surface area contributed by atoms with Crippen LogP contribution in [0.25, 0.3) is 0 Å². The van der Waals surface area contributed by atoms with Crippen LogP contribution in [0.2, 0.25) is 0 Å². The van der Waals surface area contributed by atoms with Crippen molar-refractivity contribution in [2.45, 2.75) is 6.42 Å². The highest BCUT2D eigenvalue weighted by Crippen LogP contribution is 2.04. The van der Waals surface area contributed by atoms with Gasteiger partial charge in [-0.3, -0.25) is 9.69 Å². The SMILES string of the molecule is C#CN(CCC=C)C(=O)c1ccccc1. The molecular weight excluding hydrogens is 186 g/mol. The topological polar surface area (TPSA) is 20.3 Å². The summed E-state index contributed by atoms with van der Waals surface area (Å²) in [6, 6.07) is 11.4. The molecule has 0 heterocycles. The van der Waals surface area contributed by atoms with Crippen molar-refractivity contribution >= 4 is 5.91 Å². The van der Waals surface area contributed by atoms with E-state index in [-0.39, 0.29) is 5.91 Å². The van der Waals surface area contributed by atoms with E-state index in [4.69, 9.17) is 6.42 Å². The number of nitrogens with zero attached hydrogens (tertiary/aromatic N) is 1. The van der Waals surface area contributed by atoms with Crippen molar-refractivity contribution in [1.29, 1.82) is 0 Å². The van der Waals surface area contributed by atoms with E-state index in [1.54, 1.807) is 18.2 Å². The molecule has 0 saturated heterocycles. The minimum absolute atomic E-state index is 0.139. The number of terminal acetylenes is 1. The van der Waals surface area contributed by atoms with Crippen LogP contribution in [-0.4, -0.2) is 17.4 Å². The van der Waals surface area contributed by atoms with Gasteiger partial charge in [0.05, 0.1) is 0 Å². The van der Waals surface area contributed by atoms with E-state index in [0.29, 0.717) is 18.5 Å². The Balaban J connectivity index is 2.74. The van der Waals surface area contributed by atoms with E-state index < -0.39 is 0 Å². The maximum atomic E-state index is 11.8. The van der Waals surface area contributed by atoms with Crippen LogP contribution in [0.4, 0.5) is 0 Å². The van der Waals surface area contributed by atoms with Crippen molar-refractivity contribution in [3.63, 3.8) is 0 Å². The van der Waals surface area contributed by atoms with Gasteiger partial charge in [0.1, 0.15) is 0 Å². The van der Waals surface area contributed by atoms with E-state index in [9.17, 15) is 4.79 Å². The molecule has 76 valence electrons. The number of carbonyl (C=O) groups is 1. The van der Waals surface area contributed by atoms with Gasteiger partial charge in [0.15, 0.2) is 0 Å². The molecule has 0 N–H and O–H groups in total. The maximum Gasteiger partial charge on any atom is 0.265 e. The molecule has 2 nitrogen and oxygen atoms in total. The maximum absolute atomic E-state index is 11.8. The Labute approximate surface area is 90.2 Å². The molecule has 0 saturated carbocycles. The van der Waals surface area contributed by atoms with Gasteiger partial charge in [-0.25, -0.2) is 0 Å². The summed E-state index contributed by atoms with van der Waals surface area (Å²) in [7, 11) is 0. The van der Waals surface area contributed by atoms with Crippen molar-refractivity contribution < 1.29 is 4.79 Å². The summed E-state index contributed by atoms with van der Waals surface area (Å²) >= 11 is 0. The first-order chi connectivity index (χ1) is 7.29. The van der Waals surface area contributed by atoms with Crippen molar-refractivity contribution in [2.75, 3.05) is 6.54 Å². The lowest BCUT2D eigenvalue weighted by Gasteiger charge is -2.14. The molecule has 1 amide bonds.